The number of benzene rings is 1. The third-order valence-corrected chi connectivity index (χ3v) is 5.12. The van der Waals surface area contributed by atoms with Gasteiger partial charge in [0.2, 0.25) is 0 Å². The van der Waals surface area contributed by atoms with E-state index < -0.39 is 0 Å². The molecule has 1 unspecified atom stereocenters. The predicted molar refractivity (Wildman–Crippen MR) is 69.7 cm³/mol. The molecular formula is C13H15BrClF. The average Bonchev–Trinajstić information content (AvgIpc) is 3.07. The molecule has 0 amide bonds. The zero-order chi connectivity index (χ0) is 11.8. The van der Waals surface area contributed by atoms with Gasteiger partial charge < -0.3 is 0 Å². The van der Waals surface area contributed by atoms with Gasteiger partial charge in [-0.25, -0.2) is 4.39 Å². The zero-order valence-corrected chi connectivity index (χ0v) is 11.6. The molecule has 2 rings (SSSR count). The van der Waals surface area contributed by atoms with Crippen LogP contribution in [0.1, 0.15) is 25.3 Å². The molecule has 1 aliphatic rings. The van der Waals surface area contributed by atoms with Crippen LogP contribution in [0.25, 0.3) is 0 Å². The van der Waals surface area contributed by atoms with E-state index in [0.717, 1.165) is 23.2 Å². The summed E-state index contributed by atoms with van der Waals surface area (Å²) in [6.07, 6.45) is 3.42. The lowest BCUT2D eigenvalue weighted by Crippen LogP contribution is -2.24. The molecule has 0 heterocycles. The molecule has 88 valence electrons. The molecular weight excluding hydrogens is 290 g/mol. The van der Waals surface area contributed by atoms with Gasteiger partial charge in [0.25, 0.3) is 0 Å². The summed E-state index contributed by atoms with van der Waals surface area (Å²) >= 11 is 9.68. The molecule has 1 fully saturated rings. The van der Waals surface area contributed by atoms with E-state index in [9.17, 15) is 4.39 Å². The molecule has 0 aromatic heterocycles. The third-order valence-electron chi connectivity index (χ3n) is 3.47. The molecule has 0 saturated heterocycles. The highest BCUT2D eigenvalue weighted by atomic mass is 79.9. The SMILES string of the molecule is CC(CBr)(Cc1cc(F)ccc1Cl)C1CC1. The summed E-state index contributed by atoms with van der Waals surface area (Å²) in [6, 6.07) is 4.62. The number of hydrogen-bond acceptors (Lipinski definition) is 0. The molecule has 1 saturated carbocycles. The molecule has 0 spiro atoms. The van der Waals surface area contributed by atoms with Crippen LogP contribution in [-0.2, 0) is 6.42 Å². The van der Waals surface area contributed by atoms with Crippen LogP contribution >= 0.6 is 27.5 Å². The summed E-state index contributed by atoms with van der Waals surface area (Å²) < 4.78 is 13.2. The van der Waals surface area contributed by atoms with Crippen LogP contribution in [0.15, 0.2) is 18.2 Å². The van der Waals surface area contributed by atoms with Crippen molar-refractivity contribution in [2.75, 3.05) is 5.33 Å². The Kier molecular flexibility index (Phi) is 3.60. The minimum absolute atomic E-state index is 0.202. The molecule has 16 heavy (non-hydrogen) atoms. The van der Waals surface area contributed by atoms with Crippen molar-refractivity contribution in [3.63, 3.8) is 0 Å². The van der Waals surface area contributed by atoms with Gasteiger partial charge in [0.15, 0.2) is 0 Å². The average molecular weight is 306 g/mol. The first-order valence-corrected chi connectivity index (χ1v) is 7.05. The topological polar surface area (TPSA) is 0 Å². The Bertz CT molecular complexity index is 390. The van der Waals surface area contributed by atoms with Crippen molar-refractivity contribution in [3.8, 4) is 0 Å². The third kappa shape index (κ3) is 2.60. The molecule has 1 aliphatic carbocycles. The van der Waals surface area contributed by atoms with E-state index in [4.69, 9.17) is 11.6 Å². The van der Waals surface area contributed by atoms with Gasteiger partial charge in [-0.2, -0.15) is 0 Å². The highest BCUT2D eigenvalue weighted by Crippen LogP contribution is 2.48. The van der Waals surface area contributed by atoms with E-state index in [1.165, 1.54) is 18.9 Å². The highest BCUT2D eigenvalue weighted by molar-refractivity contribution is 9.09. The minimum Gasteiger partial charge on any atom is -0.207 e. The molecule has 1 atom stereocenters. The van der Waals surface area contributed by atoms with E-state index in [-0.39, 0.29) is 11.2 Å². The van der Waals surface area contributed by atoms with Crippen molar-refractivity contribution in [1.82, 2.24) is 0 Å². The van der Waals surface area contributed by atoms with Crippen LogP contribution in [0.2, 0.25) is 5.02 Å². The van der Waals surface area contributed by atoms with Crippen molar-refractivity contribution < 1.29 is 4.39 Å². The van der Waals surface area contributed by atoms with Gasteiger partial charge in [0, 0.05) is 10.4 Å². The zero-order valence-electron chi connectivity index (χ0n) is 9.27. The quantitative estimate of drug-likeness (QED) is 0.699. The maximum Gasteiger partial charge on any atom is 0.123 e. The normalized spacial score (nSPS) is 19.5. The second-order valence-corrected chi connectivity index (χ2v) is 5.94. The maximum absolute atomic E-state index is 13.2. The first-order chi connectivity index (χ1) is 7.55. The van der Waals surface area contributed by atoms with Gasteiger partial charge in [0.05, 0.1) is 0 Å². The monoisotopic (exact) mass is 304 g/mol. The van der Waals surface area contributed by atoms with Gasteiger partial charge in [-0.05, 0) is 54.4 Å². The molecule has 0 N–H and O–H groups in total. The van der Waals surface area contributed by atoms with Gasteiger partial charge in [-0.3, -0.25) is 0 Å². The smallest absolute Gasteiger partial charge is 0.123 e. The van der Waals surface area contributed by atoms with Gasteiger partial charge in [-0.15, -0.1) is 0 Å². The van der Waals surface area contributed by atoms with Crippen molar-refractivity contribution in [2.45, 2.75) is 26.2 Å². The summed E-state index contributed by atoms with van der Waals surface area (Å²) in [5.41, 5.74) is 1.13. The Morgan fingerprint density at radius 2 is 2.19 bits per heavy atom. The summed E-state index contributed by atoms with van der Waals surface area (Å²) in [4.78, 5) is 0. The van der Waals surface area contributed by atoms with Crippen LogP contribution in [0.5, 0.6) is 0 Å². The summed E-state index contributed by atoms with van der Waals surface area (Å²) in [7, 11) is 0. The number of alkyl halides is 1. The molecule has 1 aromatic rings. The lowest BCUT2D eigenvalue weighted by atomic mass is 9.81. The molecule has 0 bridgehead atoms. The van der Waals surface area contributed by atoms with Gasteiger partial charge in [-0.1, -0.05) is 34.5 Å². The lowest BCUT2D eigenvalue weighted by Gasteiger charge is -2.27. The van der Waals surface area contributed by atoms with Crippen molar-refractivity contribution >= 4 is 27.5 Å². The summed E-state index contributed by atoms with van der Waals surface area (Å²) in [5.74, 6) is 0.554. The Morgan fingerprint density at radius 3 is 2.75 bits per heavy atom. The fourth-order valence-electron chi connectivity index (χ4n) is 2.19. The van der Waals surface area contributed by atoms with Crippen LogP contribution < -0.4 is 0 Å². The Hall–Kier alpha value is -0.0800. The number of halogens is 3. The summed E-state index contributed by atoms with van der Waals surface area (Å²) in [6.45, 7) is 2.25. The second-order valence-electron chi connectivity index (χ2n) is 4.97. The second kappa shape index (κ2) is 4.66. The lowest BCUT2D eigenvalue weighted by molar-refractivity contribution is 0.318. The molecule has 0 aliphatic heterocycles. The summed E-state index contributed by atoms with van der Waals surface area (Å²) in [5, 5.41) is 1.62. The van der Waals surface area contributed by atoms with Gasteiger partial charge in [0.1, 0.15) is 5.82 Å². The number of rotatable bonds is 4. The van der Waals surface area contributed by atoms with Crippen molar-refractivity contribution in [1.29, 1.82) is 0 Å². The molecule has 0 nitrogen and oxygen atoms in total. The fourth-order valence-corrected chi connectivity index (χ4v) is 3.04. The van der Waals surface area contributed by atoms with Crippen LogP contribution in [0.3, 0.4) is 0 Å². The van der Waals surface area contributed by atoms with E-state index in [2.05, 4.69) is 22.9 Å². The Labute approximate surface area is 109 Å². The van der Waals surface area contributed by atoms with Crippen LogP contribution in [0.4, 0.5) is 4.39 Å². The molecule has 1 aromatic carbocycles. The van der Waals surface area contributed by atoms with Crippen LogP contribution in [0, 0.1) is 17.2 Å². The van der Waals surface area contributed by atoms with Gasteiger partial charge >= 0.3 is 0 Å². The van der Waals surface area contributed by atoms with E-state index in [1.807, 2.05) is 0 Å². The van der Waals surface area contributed by atoms with E-state index in [1.54, 1.807) is 12.1 Å². The van der Waals surface area contributed by atoms with E-state index >= 15 is 0 Å². The van der Waals surface area contributed by atoms with E-state index in [0.29, 0.717) is 5.02 Å². The maximum atomic E-state index is 13.2. The van der Waals surface area contributed by atoms with Crippen LogP contribution in [-0.4, -0.2) is 5.33 Å². The molecule has 0 radical (unpaired) electrons. The van der Waals surface area contributed by atoms with Crippen molar-refractivity contribution in [3.05, 3.63) is 34.6 Å². The number of hydrogen-bond donors (Lipinski definition) is 0. The molecule has 3 heteroatoms. The minimum atomic E-state index is -0.202. The predicted octanol–water partition coefficient (Wildman–Crippen LogP) is 4.83. The Morgan fingerprint density at radius 1 is 1.50 bits per heavy atom. The highest BCUT2D eigenvalue weighted by Gasteiger charge is 2.40. The first-order valence-electron chi connectivity index (χ1n) is 5.55. The largest absolute Gasteiger partial charge is 0.207 e. The van der Waals surface area contributed by atoms with Crippen molar-refractivity contribution in [2.24, 2.45) is 11.3 Å². The first kappa shape index (κ1) is 12.4. The Balaban J connectivity index is 2.21. The fraction of sp³-hybridized carbons (Fsp3) is 0.538. The standard InChI is InChI=1S/C13H15BrClF/c1-13(8-14,10-2-3-10)7-9-6-11(16)4-5-12(9)15/h4-6,10H,2-3,7-8H2,1H3.